The second-order valence-corrected chi connectivity index (χ2v) is 12.8. The molecule has 0 bridgehead atoms. The molecule has 2 nitrogen and oxygen atoms in total. The Morgan fingerprint density at radius 3 is 1.48 bits per heavy atom. The minimum atomic E-state index is 0.168. The van der Waals surface area contributed by atoms with E-state index in [0.29, 0.717) is 0 Å². The quantitative estimate of drug-likeness (QED) is 0.183. The number of fused-ring (bicyclic) bond motifs is 3. The van der Waals surface area contributed by atoms with Crippen LogP contribution < -0.4 is 5.32 Å². The summed E-state index contributed by atoms with van der Waals surface area (Å²) in [4.78, 5) is 5.41. The number of dihydropyridines is 1. The van der Waals surface area contributed by atoms with Gasteiger partial charge in [-0.3, -0.25) is 0 Å². The fourth-order valence-corrected chi connectivity index (χ4v) is 7.14. The molecule has 1 atom stereocenters. The average molecular weight is 639 g/mol. The standard InChI is InChI=1S/C48H34N2/c1-3-11-33(12-4-1)35-18-22-37(23-19-35)43-31-45-44(38-24-20-36(21-25-38)34-13-5-2-6-14-34)32-47(50-48(45)42-16-8-7-15-41(42)43)40-28-26-39(27-29-40)46-17-9-10-30-49-46/h1-32,46,49H. The first-order valence-corrected chi connectivity index (χ1v) is 17.2. The van der Waals surface area contributed by atoms with Crippen molar-refractivity contribution < 1.29 is 0 Å². The van der Waals surface area contributed by atoms with E-state index in [0.717, 1.165) is 27.5 Å². The predicted molar refractivity (Wildman–Crippen MR) is 211 cm³/mol. The van der Waals surface area contributed by atoms with Crippen LogP contribution in [0.4, 0.5) is 0 Å². The van der Waals surface area contributed by atoms with E-state index >= 15 is 0 Å². The highest BCUT2D eigenvalue weighted by Crippen LogP contribution is 2.41. The number of nitrogens with one attached hydrogen (secondary N) is 1. The van der Waals surface area contributed by atoms with Crippen molar-refractivity contribution in [1.29, 1.82) is 0 Å². The molecule has 1 aliphatic heterocycles. The van der Waals surface area contributed by atoms with Crippen molar-refractivity contribution in [2.45, 2.75) is 6.04 Å². The Kier molecular flexibility index (Phi) is 7.60. The zero-order valence-corrected chi connectivity index (χ0v) is 27.5. The molecule has 0 fully saturated rings. The van der Waals surface area contributed by atoms with Crippen LogP contribution in [-0.4, -0.2) is 4.98 Å². The molecular formula is C48H34N2. The van der Waals surface area contributed by atoms with Crippen molar-refractivity contribution in [2.24, 2.45) is 0 Å². The third-order valence-corrected chi connectivity index (χ3v) is 9.78. The smallest absolute Gasteiger partial charge is 0.0794 e. The molecule has 236 valence electrons. The summed E-state index contributed by atoms with van der Waals surface area (Å²) in [7, 11) is 0. The summed E-state index contributed by atoms with van der Waals surface area (Å²) in [5, 5.41) is 6.92. The van der Waals surface area contributed by atoms with Gasteiger partial charge < -0.3 is 5.32 Å². The Morgan fingerprint density at radius 1 is 0.400 bits per heavy atom. The van der Waals surface area contributed by atoms with Crippen molar-refractivity contribution in [2.75, 3.05) is 0 Å². The van der Waals surface area contributed by atoms with E-state index in [1.165, 1.54) is 55.5 Å². The second-order valence-electron chi connectivity index (χ2n) is 12.8. The number of hydrogen-bond acceptors (Lipinski definition) is 2. The number of benzene rings is 7. The zero-order chi connectivity index (χ0) is 33.3. The van der Waals surface area contributed by atoms with Crippen LogP contribution in [0, 0.1) is 0 Å². The Hall–Kier alpha value is -6.51. The lowest BCUT2D eigenvalue weighted by molar-refractivity contribution is 0.746. The molecule has 0 amide bonds. The first-order valence-electron chi connectivity index (χ1n) is 17.2. The van der Waals surface area contributed by atoms with E-state index in [-0.39, 0.29) is 6.04 Å². The van der Waals surface area contributed by atoms with Crippen LogP contribution in [0.15, 0.2) is 194 Å². The monoisotopic (exact) mass is 638 g/mol. The van der Waals surface area contributed by atoms with Gasteiger partial charge in [-0.15, -0.1) is 0 Å². The molecule has 1 aliphatic rings. The average Bonchev–Trinajstić information content (AvgIpc) is 3.21. The van der Waals surface area contributed by atoms with E-state index in [9.17, 15) is 0 Å². The molecular weight excluding hydrogens is 605 g/mol. The summed E-state index contributed by atoms with van der Waals surface area (Å²) in [5.74, 6) is 0. The van der Waals surface area contributed by atoms with Gasteiger partial charge in [0.25, 0.3) is 0 Å². The van der Waals surface area contributed by atoms with E-state index in [2.05, 4.69) is 187 Å². The number of rotatable bonds is 6. The Balaban J connectivity index is 1.22. The number of nitrogens with zero attached hydrogens (tertiary/aromatic N) is 1. The van der Waals surface area contributed by atoms with E-state index < -0.39 is 0 Å². The van der Waals surface area contributed by atoms with Crippen LogP contribution in [0.3, 0.4) is 0 Å². The van der Waals surface area contributed by atoms with Gasteiger partial charge >= 0.3 is 0 Å². The summed E-state index contributed by atoms with van der Waals surface area (Å²) in [5.41, 5.74) is 13.9. The molecule has 0 saturated carbocycles. The lowest BCUT2D eigenvalue weighted by Gasteiger charge is -2.18. The van der Waals surface area contributed by atoms with Gasteiger partial charge in [0.05, 0.1) is 17.3 Å². The highest BCUT2D eigenvalue weighted by Gasteiger charge is 2.17. The van der Waals surface area contributed by atoms with E-state index in [4.69, 9.17) is 4.98 Å². The fourth-order valence-electron chi connectivity index (χ4n) is 7.14. The van der Waals surface area contributed by atoms with Gasteiger partial charge in [0.1, 0.15) is 0 Å². The van der Waals surface area contributed by atoms with Gasteiger partial charge in [0.2, 0.25) is 0 Å². The minimum absolute atomic E-state index is 0.168. The Morgan fingerprint density at radius 2 is 0.900 bits per heavy atom. The van der Waals surface area contributed by atoms with Crippen LogP contribution in [0.2, 0.25) is 0 Å². The molecule has 2 heterocycles. The molecule has 2 heteroatoms. The normalized spacial score (nSPS) is 13.8. The lowest BCUT2D eigenvalue weighted by Crippen LogP contribution is -2.14. The van der Waals surface area contributed by atoms with Gasteiger partial charge in [-0.25, -0.2) is 4.98 Å². The highest BCUT2D eigenvalue weighted by molar-refractivity contribution is 6.16. The first kappa shape index (κ1) is 29.6. The van der Waals surface area contributed by atoms with E-state index in [1.807, 2.05) is 12.3 Å². The minimum Gasteiger partial charge on any atom is -0.381 e. The van der Waals surface area contributed by atoms with Crippen molar-refractivity contribution in [3.63, 3.8) is 0 Å². The van der Waals surface area contributed by atoms with Crippen LogP contribution in [-0.2, 0) is 0 Å². The van der Waals surface area contributed by atoms with Gasteiger partial charge in [-0.2, -0.15) is 0 Å². The molecule has 1 aromatic heterocycles. The van der Waals surface area contributed by atoms with Gasteiger partial charge in [-0.1, -0.05) is 170 Å². The highest BCUT2D eigenvalue weighted by atomic mass is 14.9. The molecule has 0 saturated heterocycles. The summed E-state index contributed by atoms with van der Waals surface area (Å²) >= 11 is 0. The molecule has 7 aromatic carbocycles. The van der Waals surface area contributed by atoms with Crippen LogP contribution in [0.25, 0.3) is 77.4 Å². The Bertz CT molecular complexity index is 2510. The summed E-state index contributed by atoms with van der Waals surface area (Å²) in [6.07, 6.45) is 8.29. The maximum Gasteiger partial charge on any atom is 0.0794 e. The third kappa shape index (κ3) is 5.57. The molecule has 1 unspecified atom stereocenters. The number of pyridine rings is 1. The van der Waals surface area contributed by atoms with Crippen molar-refractivity contribution in [3.05, 3.63) is 200 Å². The molecule has 8 aromatic rings. The fraction of sp³-hybridized carbons (Fsp3) is 0.0208. The SMILES string of the molecule is C1=CNC(c2ccc(-c3cc(-c4ccc(-c5ccccc5)cc4)c4cc(-c5ccc(-c6ccccc6)cc5)c5ccccc5c4n3)cc2)C=C1. The van der Waals surface area contributed by atoms with Crippen LogP contribution >= 0.6 is 0 Å². The van der Waals surface area contributed by atoms with Crippen molar-refractivity contribution in [1.82, 2.24) is 10.3 Å². The number of hydrogen-bond donors (Lipinski definition) is 1. The zero-order valence-electron chi connectivity index (χ0n) is 27.5. The number of aromatic nitrogens is 1. The van der Waals surface area contributed by atoms with Crippen LogP contribution in [0.1, 0.15) is 11.6 Å². The summed E-state index contributed by atoms with van der Waals surface area (Å²) in [6, 6.07) is 61.4. The number of allylic oxidation sites excluding steroid dienone is 2. The maximum atomic E-state index is 5.41. The van der Waals surface area contributed by atoms with Gasteiger partial charge in [-0.05, 0) is 79.9 Å². The topological polar surface area (TPSA) is 24.9 Å². The first-order chi connectivity index (χ1) is 24.8. The van der Waals surface area contributed by atoms with Gasteiger partial charge in [0.15, 0.2) is 0 Å². The molecule has 0 spiro atoms. The van der Waals surface area contributed by atoms with Crippen LogP contribution in [0.5, 0.6) is 0 Å². The molecule has 50 heavy (non-hydrogen) atoms. The maximum absolute atomic E-state index is 5.41. The van der Waals surface area contributed by atoms with Gasteiger partial charge in [0, 0.05) is 16.3 Å². The predicted octanol–water partition coefficient (Wildman–Crippen LogP) is 12.4. The third-order valence-electron chi connectivity index (χ3n) is 9.78. The molecule has 1 N–H and O–H groups in total. The summed E-state index contributed by atoms with van der Waals surface area (Å²) in [6.45, 7) is 0. The second kappa shape index (κ2) is 12.8. The molecule has 0 aliphatic carbocycles. The lowest BCUT2D eigenvalue weighted by atomic mass is 9.90. The Labute approximate surface area is 292 Å². The summed E-state index contributed by atoms with van der Waals surface area (Å²) < 4.78 is 0. The van der Waals surface area contributed by atoms with Crippen molar-refractivity contribution >= 4 is 21.7 Å². The van der Waals surface area contributed by atoms with Crippen molar-refractivity contribution in [3.8, 4) is 55.8 Å². The molecule has 9 rings (SSSR count). The van der Waals surface area contributed by atoms with E-state index in [1.54, 1.807) is 0 Å². The molecule has 0 radical (unpaired) electrons. The largest absolute Gasteiger partial charge is 0.381 e.